The smallest absolute Gasteiger partial charge is 0.253 e. The Morgan fingerprint density at radius 1 is 1.22 bits per heavy atom. The Bertz CT molecular complexity index is 526. The summed E-state index contributed by atoms with van der Waals surface area (Å²) in [6, 6.07) is 3.64. The van der Waals surface area contributed by atoms with Gasteiger partial charge in [-0.2, -0.15) is 0 Å². The van der Waals surface area contributed by atoms with Crippen molar-refractivity contribution in [1.29, 1.82) is 0 Å². The summed E-state index contributed by atoms with van der Waals surface area (Å²) in [6.45, 7) is 4.05. The van der Waals surface area contributed by atoms with Gasteiger partial charge in [-0.3, -0.25) is 14.7 Å². The summed E-state index contributed by atoms with van der Waals surface area (Å²) in [6.07, 6.45) is 7.60. The number of rotatable bonds is 3. The van der Waals surface area contributed by atoms with E-state index in [0.717, 1.165) is 44.5 Å². The van der Waals surface area contributed by atoms with Crippen LogP contribution in [0.15, 0.2) is 18.3 Å². The average Bonchev–Trinajstić information content (AvgIpc) is 3.01. The van der Waals surface area contributed by atoms with Crippen LogP contribution in [0, 0.1) is 6.92 Å². The van der Waals surface area contributed by atoms with E-state index >= 15 is 0 Å². The Hall–Kier alpha value is -1.46. The zero-order valence-corrected chi connectivity index (χ0v) is 13.9. The van der Waals surface area contributed by atoms with Crippen LogP contribution in [0.4, 0.5) is 0 Å². The lowest BCUT2D eigenvalue weighted by Crippen LogP contribution is -2.52. The van der Waals surface area contributed by atoms with E-state index in [-0.39, 0.29) is 18.0 Å². The number of amides is 1. The number of pyridine rings is 1. The molecule has 2 fully saturated rings. The van der Waals surface area contributed by atoms with Gasteiger partial charge in [0, 0.05) is 17.9 Å². The van der Waals surface area contributed by atoms with Gasteiger partial charge in [0.15, 0.2) is 0 Å². The molecule has 5 nitrogen and oxygen atoms in total. The van der Waals surface area contributed by atoms with Crippen molar-refractivity contribution in [3.63, 3.8) is 0 Å². The van der Waals surface area contributed by atoms with Gasteiger partial charge in [0.1, 0.15) is 0 Å². The average molecular weight is 317 g/mol. The summed E-state index contributed by atoms with van der Waals surface area (Å²) in [5.41, 5.74) is 1.45. The molecular formula is C18H27N3O2. The maximum atomic E-state index is 12.4. The predicted octanol–water partition coefficient (Wildman–Crippen LogP) is 1.89. The first-order chi connectivity index (χ1) is 11.1. The van der Waals surface area contributed by atoms with Crippen molar-refractivity contribution < 1.29 is 9.90 Å². The molecule has 0 bridgehead atoms. The molecule has 1 aromatic heterocycles. The van der Waals surface area contributed by atoms with E-state index in [0.29, 0.717) is 5.56 Å². The highest BCUT2D eigenvalue weighted by molar-refractivity contribution is 5.94. The molecular weight excluding hydrogens is 290 g/mol. The van der Waals surface area contributed by atoms with Gasteiger partial charge < -0.3 is 10.4 Å². The van der Waals surface area contributed by atoms with E-state index in [1.165, 1.54) is 12.8 Å². The molecule has 5 heteroatoms. The number of nitrogens with one attached hydrogen (secondary N) is 1. The third-order valence-corrected chi connectivity index (χ3v) is 5.17. The van der Waals surface area contributed by atoms with E-state index < -0.39 is 6.10 Å². The topological polar surface area (TPSA) is 65.5 Å². The molecule has 1 saturated carbocycles. The molecule has 0 spiro atoms. The Labute approximate surface area is 138 Å². The van der Waals surface area contributed by atoms with Gasteiger partial charge in [-0.15, -0.1) is 0 Å². The largest absolute Gasteiger partial charge is 0.389 e. The lowest BCUT2D eigenvalue weighted by atomic mass is 10.00. The van der Waals surface area contributed by atoms with Gasteiger partial charge in [-0.05, 0) is 57.8 Å². The number of aromatic nitrogens is 1. The quantitative estimate of drug-likeness (QED) is 0.836. The van der Waals surface area contributed by atoms with Crippen molar-refractivity contribution in [2.24, 2.45) is 0 Å². The van der Waals surface area contributed by atoms with Crippen molar-refractivity contribution in [1.82, 2.24) is 15.2 Å². The van der Waals surface area contributed by atoms with Gasteiger partial charge in [0.05, 0.1) is 17.7 Å². The first-order valence-corrected chi connectivity index (χ1v) is 8.81. The van der Waals surface area contributed by atoms with Crippen LogP contribution in [-0.4, -0.2) is 52.2 Å². The number of aliphatic hydroxyl groups is 1. The molecule has 126 valence electrons. The molecule has 3 atom stereocenters. The fourth-order valence-corrected chi connectivity index (χ4v) is 3.81. The SMILES string of the molecule is Cc1ccc(C(=O)N[C@@H]2CCCC[C@@H](N3CCCC3)[C@@H]2O)cn1. The maximum Gasteiger partial charge on any atom is 0.253 e. The van der Waals surface area contributed by atoms with Crippen LogP contribution < -0.4 is 5.32 Å². The van der Waals surface area contributed by atoms with Gasteiger partial charge in [-0.25, -0.2) is 0 Å². The molecule has 1 aromatic rings. The minimum atomic E-state index is -0.488. The summed E-state index contributed by atoms with van der Waals surface area (Å²) < 4.78 is 0. The second-order valence-corrected chi connectivity index (χ2v) is 6.85. The number of aliphatic hydroxyl groups excluding tert-OH is 1. The Morgan fingerprint density at radius 3 is 2.65 bits per heavy atom. The van der Waals surface area contributed by atoms with E-state index in [9.17, 15) is 9.90 Å². The van der Waals surface area contributed by atoms with Crippen LogP contribution >= 0.6 is 0 Å². The third kappa shape index (κ3) is 3.90. The number of carbonyl (C=O) groups excluding carboxylic acids is 1. The fraction of sp³-hybridized carbons (Fsp3) is 0.667. The van der Waals surface area contributed by atoms with Crippen LogP contribution in [0.1, 0.15) is 54.6 Å². The van der Waals surface area contributed by atoms with Crippen molar-refractivity contribution in [3.05, 3.63) is 29.6 Å². The summed E-state index contributed by atoms with van der Waals surface area (Å²) in [5.74, 6) is -0.136. The van der Waals surface area contributed by atoms with Crippen molar-refractivity contribution in [2.45, 2.75) is 63.6 Å². The lowest BCUT2D eigenvalue weighted by Gasteiger charge is -2.34. The highest BCUT2D eigenvalue weighted by atomic mass is 16.3. The second kappa shape index (κ2) is 7.41. The van der Waals surface area contributed by atoms with Crippen LogP contribution in [0.3, 0.4) is 0 Å². The van der Waals surface area contributed by atoms with E-state index in [2.05, 4.69) is 15.2 Å². The summed E-state index contributed by atoms with van der Waals surface area (Å²) in [7, 11) is 0. The fourth-order valence-electron chi connectivity index (χ4n) is 3.81. The lowest BCUT2D eigenvalue weighted by molar-refractivity contribution is 0.0338. The van der Waals surface area contributed by atoms with Crippen LogP contribution in [0.5, 0.6) is 0 Å². The first kappa shape index (κ1) is 16.4. The van der Waals surface area contributed by atoms with Crippen LogP contribution in [-0.2, 0) is 0 Å². The Kier molecular flexibility index (Phi) is 5.28. The van der Waals surface area contributed by atoms with E-state index in [4.69, 9.17) is 0 Å². The van der Waals surface area contributed by atoms with E-state index in [1.54, 1.807) is 12.3 Å². The molecule has 1 aliphatic carbocycles. The number of hydrogen-bond acceptors (Lipinski definition) is 4. The van der Waals surface area contributed by atoms with Gasteiger partial charge in [0.25, 0.3) is 5.91 Å². The van der Waals surface area contributed by atoms with Crippen molar-refractivity contribution >= 4 is 5.91 Å². The normalized spacial score (nSPS) is 29.2. The minimum Gasteiger partial charge on any atom is -0.389 e. The predicted molar refractivity (Wildman–Crippen MR) is 89.3 cm³/mol. The second-order valence-electron chi connectivity index (χ2n) is 6.85. The molecule has 2 aliphatic rings. The monoisotopic (exact) mass is 317 g/mol. The standard InChI is InChI=1S/C18H27N3O2/c1-13-8-9-14(12-19-13)18(23)20-15-6-2-3-7-16(17(15)22)21-10-4-5-11-21/h8-9,12,15-17,22H,2-7,10-11H2,1H3,(H,20,23)/t15-,16-,17-/m1/s1. The maximum absolute atomic E-state index is 12.4. The van der Waals surface area contributed by atoms with Gasteiger partial charge in [-0.1, -0.05) is 12.8 Å². The first-order valence-electron chi connectivity index (χ1n) is 8.81. The van der Waals surface area contributed by atoms with Crippen LogP contribution in [0.25, 0.3) is 0 Å². The molecule has 0 aromatic carbocycles. The number of carbonyl (C=O) groups is 1. The van der Waals surface area contributed by atoms with Crippen molar-refractivity contribution in [2.75, 3.05) is 13.1 Å². The molecule has 0 radical (unpaired) electrons. The summed E-state index contributed by atoms with van der Waals surface area (Å²) >= 11 is 0. The number of hydrogen-bond donors (Lipinski definition) is 2. The minimum absolute atomic E-state index is 0.136. The number of nitrogens with zero attached hydrogens (tertiary/aromatic N) is 2. The molecule has 2 N–H and O–H groups in total. The Morgan fingerprint density at radius 2 is 1.96 bits per heavy atom. The van der Waals surface area contributed by atoms with Crippen LogP contribution in [0.2, 0.25) is 0 Å². The third-order valence-electron chi connectivity index (χ3n) is 5.17. The molecule has 0 unspecified atom stereocenters. The number of aryl methyl sites for hydroxylation is 1. The van der Waals surface area contributed by atoms with E-state index in [1.807, 2.05) is 13.0 Å². The van der Waals surface area contributed by atoms with Gasteiger partial charge >= 0.3 is 0 Å². The molecule has 1 aliphatic heterocycles. The Balaban J connectivity index is 1.67. The zero-order chi connectivity index (χ0) is 16.2. The highest BCUT2D eigenvalue weighted by Gasteiger charge is 2.35. The molecule has 2 heterocycles. The molecule has 1 saturated heterocycles. The zero-order valence-electron chi connectivity index (χ0n) is 13.9. The van der Waals surface area contributed by atoms with Gasteiger partial charge in [0.2, 0.25) is 0 Å². The van der Waals surface area contributed by atoms with Crippen molar-refractivity contribution in [3.8, 4) is 0 Å². The number of likely N-dealkylation sites (tertiary alicyclic amines) is 1. The highest BCUT2D eigenvalue weighted by Crippen LogP contribution is 2.26. The molecule has 1 amide bonds. The molecule has 23 heavy (non-hydrogen) atoms. The molecule has 3 rings (SSSR count). The summed E-state index contributed by atoms with van der Waals surface area (Å²) in [4.78, 5) is 19.0. The summed E-state index contributed by atoms with van der Waals surface area (Å²) in [5, 5.41) is 13.9.